The number of benzene rings is 4. The van der Waals surface area contributed by atoms with Crippen molar-refractivity contribution in [2.24, 2.45) is 0 Å². The summed E-state index contributed by atoms with van der Waals surface area (Å²) in [6, 6.07) is 35.0. The number of hydrogen-bond donors (Lipinski definition) is 2. The third-order valence-electron chi connectivity index (χ3n) is 6.59. The van der Waals surface area contributed by atoms with Gasteiger partial charge in [0, 0.05) is 33.0 Å². The van der Waals surface area contributed by atoms with Gasteiger partial charge in [0.15, 0.2) is 0 Å². The van der Waals surface area contributed by atoms with Crippen LogP contribution in [0.4, 0.5) is 5.69 Å². The Morgan fingerprint density at radius 2 is 1.38 bits per heavy atom. The molecule has 2 N–H and O–H groups in total. The van der Waals surface area contributed by atoms with E-state index in [0.29, 0.717) is 0 Å². The summed E-state index contributed by atoms with van der Waals surface area (Å²) < 4.78 is 0. The van der Waals surface area contributed by atoms with Crippen molar-refractivity contribution in [2.75, 3.05) is 5.32 Å². The van der Waals surface area contributed by atoms with Crippen molar-refractivity contribution < 1.29 is 0 Å². The van der Waals surface area contributed by atoms with Crippen LogP contribution in [0.3, 0.4) is 0 Å². The molecule has 0 saturated heterocycles. The van der Waals surface area contributed by atoms with Crippen LogP contribution in [0.1, 0.15) is 29.7 Å². The number of fused-ring (bicyclic) bond motifs is 5. The summed E-state index contributed by atoms with van der Waals surface area (Å²) >= 11 is 0. The van der Waals surface area contributed by atoms with E-state index in [1.54, 1.807) is 0 Å². The molecule has 0 fully saturated rings. The lowest BCUT2D eigenvalue weighted by Crippen LogP contribution is -2.30. The van der Waals surface area contributed by atoms with Gasteiger partial charge in [0.2, 0.25) is 0 Å². The predicted molar refractivity (Wildman–Crippen MR) is 122 cm³/mol. The molecule has 2 heteroatoms. The zero-order valence-electron chi connectivity index (χ0n) is 16.3. The van der Waals surface area contributed by atoms with Gasteiger partial charge in [0.05, 0.1) is 11.6 Å². The minimum Gasteiger partial charge on any atom is -0.377 e. The molecule has 1 aromatic heterocycles. The predicted octanol–water partition coefficient (Wildman–Crippen LogP) is 6.79. The fourth-order valence-corrected chi connectivity index (χ4v) is 5.18. The molecule has 0 bridgehead atoms. The van der Waals surface area contributed by atoms with Crippen molar-refractivity contribution >= 4 is 27.5 Å². The van der Waals surface area contributed by atoms with E-state index in [2.05, 4.69) is 114 Å². The Balaban J connectivity index is 1.70. The molecule has 2 unspecified atom stereocenters. The van der Waals surface area contributed by atoms with Crippen LogP contribution in [0, 0.1) is 0 Å². The number of anilines is 1. The van der Waals surface area contributed by atoms with Gasteiger partial charge in [-0.15, -0.1) is 0 Å². The molecule has 2 heterocycles. The first kappa shape index (κ1) is 16.4. The molecule has 0 saturated carbocycles. The maximum absolute atomic E-state index is 3.86. The lowest BCUT2D eigenvalue weighted by Gasteiger charge is -2.33. The highest BCUT2D eigenvalue weighted by Gasteiger charge is 2.46. The number of aromatic nitrogens is 1. The molecule has 29 heavy (non-hydrogen) atoms. The average molecular weight is 374 g/mol. The fraction of sp³-hybridized carbons (Fsp3) is 0.111. The van der Waals surface area contributed by atoms with Crippen molar-refractivity contribution in [3.63, 3.8) is 0 Å². The number of aromatic amines is 1. The zero-order valence-corrected chi connectivity index (χ0v) is 16.3. The Morgan fingerprint density at radius 3 is 2.17 bits per heavy atom. The Labute approximate surface area is 170 Å². The molecular formula is C27H22N2. The second kappa shape index (κ2) is 5.99. The molecule has 140 valence electrons. The molecule has 2 nitrogen and oxygen atoms in total. The van der Waals surface area contributed by atoms with Gasteiger partial charge in [-0.25, -0.2) is 0 Å². The van der Waals surface area contributed by atoms with Gasteiger partial charge in [-0.3, -0.25) is 0 Å². The van der Waals surface area contributed by atoms with Crippen LogP contribution in [0.2, 0.25) is 0 Å². The molecule has 1 aliphatic rings. The summed E-state index contributed by atoms with van der Waals surface area (Å²) in [4.78, 5) is 3.74. The number of rotatable bonds is 2. The van der Waals surface area contributed by atoms with Crippen molar-refractivity contribution in [1.82, 2.24) is 4.98 Å². The minimum absolute atomic E-state index is 0.165. The van der Waals surface area contributed by atoms with Crippen LogP contribution < -0.4 is 5.32 Å². The fourth-order valence-electron chi connectivity index (χ4n) is 5.18. The standard InChI is InChI=1S/C27H22N2/c1-27(19-12-6-3-7-13-19)24-23(29-26(27)18-10-4-2-5-11-18)17-16-21-20-14-8-9-15-22(20)28-25(21)24/h2-17,26,28-29H,1H3. The summed E-state index contributed by atoms with van der Waals surface area (Å²) in [5.74, 6) is 0. The van der Waals surface area contributed by atoms with E-state index < -0.39 is 0 Å². The van der Waals surface area contributed by atoms with Crippen LogP contribution in [0.15, 0.2) is 97.1 Å². The maximum Gasteiger partial charge on any atom is 0.0650 e. The zero-order chi connectivity index (χ0) is 19.4. The Kier molecular flexibility index (Phi) is 3.39. The molecule has 0 aliphatic carbocycles. The molecule has 6 rings (SSSR count). The molecule has 2 atom stereocenters. The molecule has 1 aliphatic heterocycles. The van der Waals surface area contributed by atoms with Gasteiger partial charge in [0.25, 0.3) is 0 Å². The second-order valence-corrected chi connectivity index (χ2v) is 8.14. The molecule has 0 spiro atoms. The van der Waals surface area contributed by atoms with Crippen LogP contribution in [0.25, 0.3) is 21.8 Å². The molecule has 0 radical (unpaired) electrons. The van der Waals surface area contributed by atoms with Crippen LogP contribution in [-0.2, 0) is 5.41 Å². The van der Waals surface area contributed by atoms with E-state index >= 15 is 0 Å². The minimum atomic E-state index is -0.196. The first-order chi connectivity index (χ1) is 14.3. The highest BCUT2D eigenvalue weighted by Crippen LogP contribution is 2.55. The monoisotopic (exact) mass is 374 g/mol. The molecule has 5 aromatic rings. The van der Waals surface area contributed by atoms with Crippen molar-refractivity contribution in [2.45, 2.75) is 18.4 Å². The van der Waals surface area contributed by atoms with Crippen LogP contribution in [-0.4, -0.2) is 4.98 Å². The largest absolute Gasteiger partial charge is 0.377 e. The van der Waals surface area contributed by atoms with Crippen molar-refractivity contribution in [3.05, 3.63) is 114 Å². The summed E-state index contributed by atoms with van der Waals surface area (Å²) in [6.45, 7) is 2.38. The maximum atomic E-state index is 3.86. The number of para-hydroxylation sites is 1. The molecular weight excluding hydrogens is 352 g/mol. The van der Waals surface area contributed by atoms with Crippen LogP contribution in [0.5, 0.6) is 0 Å². The molecule has 0 amide bonds. The second-order valence-electron chi connectivity index (χ2n) is 8.14. The highest BCUT2D eigenvalue weighted by molar-refractivity contribution is 6.10. The third kappa shape index (κ3) is 2.23. The SMILES string of the molecule is CC1(c2ccccc2)c2c(ccc3c2[nH]c2ccccc23)NC1c1ccccc1. The van der Waals surface area contributed by atoms with Gasteiger partial charge in [-0.2, -0.15) is 0 Å². The summed E-state index contributed by atoms with van der Waals surface area (Å²) in [5, 5.41) is 6.43. The quantitative estimate of drug-likeness (QED) is 0.350. The topological polar surface area (TPSA) is 27.8 Å². The summed E-state index contributed by atoms with van der Waals surface area (Å²) in [7, 11) is 0. The van der Waals surface area contributed by atoms with Gasteiger partial charge >= 0.3 is 0 Å². The van der Waals surface area contributed by atoms with Gasteiger partial charge in [-0.05, 0) is 30.2 Å². The van der Waals surface area contributed by atoms with E-state index in [1.165, 1.54) is 44.2 Å². The number of nitrogens with one attached hydrogen (secondary N) is 2. The van der Waals surface area contributed by atoms with Gasteiger partial charge in [0.1, 0.15) is 0 Å². The summed E-state index contributed by atoms with van der Waals surface area (Å²) in [6.07, 6.45) is 0. The van der Waals surface area contributed by atoms with E-state index in [-0.39, 0.29) is 11.5 Å². The number of hydrogen-bond acceptors (Lipinski definition) is 1. The van der Waals surface area contributed by atoms with Crippen LogP contribution >= 0.6 is 0 Å². The average Bonchev–Trinajstić information content (AvgIpc) is 3.31. The summed E-state index contributed by atoms with van der Waals surface area (Å²) in [5.41, 5.74) is 7.43. The Bertz CT molecular complexity index is 1330. The lowest BCUT2D eigenvalue weighted by molar-refractivity contribution is 0.517. The number of H-pyrrole nitrogens is 1. The van der Waals surface area contributed by atoms with Crippen molar-refractivity contribution in [3.8, 4) is 0 Å². The van der Waals surface area contributed by atoms with Gasteiger partial charge < -0.3 is 10.3 Å². The third-order valence-corrected chi connectivity index (χ3v) is 6.59. The van der Waals surface area contributed by atoms with E-state index in [0.717, 1.165) is 0 Å². The first-order valence-corrected chi connectivity index (χ1v) is 10.2. The first-order valence-electron chi connectivity index (χ1n) is 10.2. The Morgan fingerprint density at radius 1 is 0.690 bits per heavy atom. The van der Waals surface area contributed by atoms with Crippen molar-refractivity contribution in [1.29, 1.82) is 0 Å². The Hall–Kier alpha value is -3.52. The van der Waals surface area contributed by atoms with E-state index in [4.69, 9.17) is 0 Å². The smallest absolute Gasteiger partial charge is 0.0650 e. The highest BCUT2D eigenvalue weighted by atomic mass is 15.0. The van der Waals surface area contributed by atoms with Gasteiger partial charge in [-0.1, -0.05) is 84.9 Å². The van der Waals surface area contributed by atoms with E-state index in [9.17, 15) is 0 Å². The molecule has 4 aromatic carbocycles. The van der Waals surface area contributed by atoms with E-state index in [1.807, 2.05) is 0 Å². The lowest BCUT2D eigenvalue weighted by atomic mass is 9.70. The normalized spacial score (nSPS) is 20.7.